The van der Waals surface area contributed by atoms with Crippen LogP contribution in [0.1, 0.15) is 35.8 Å². The average Bonchev–Trinajstić information content (AvgIpc) is 3.11. The van der Waals surface area contributed by atoms with Crippen LogP contribution in [0.25, 0.3) is 16.9 Å². The molecule has 148 valence electrons. The van der Waals surface area contributed by atoms with Crippen LogP contribution in [0.3, 0.4) is 0 Å². The van der Waals surface area contributed by atoms with E-state index in [2.05, 4.69) is 15.4 Å². The molecule has 0 aliphatic heterocycles. The Labute approximate surface area is 159 Å². The molecule has 2 aromatic heterocycles. The van der Waals surface area contributed by atoms with E-state index in [0.717, 1.165) is 4.52 Å². The summed E-state index contributed by atoms with van der Waals surface area (Å²) in [5.41, 5.74) is 0.352. The molecule has 0 saturated carbocycles. The Morgan fingerprint density at radius 1 is 1.29 bits per heavy atom. The number of rotatable bonds is 8. The molecule has 0 aliphatic carbocycles. The predicted octanol–water partition coefficient (Wildman–Crippen LogP) is 3.63. The molecular weight excluding hydrogens is 373 g/mol. The zero-order valence-corrected chi connectivity index (χ0v) is 15.2. The minimum atomic E-state index is -2.83. The van der Waals surface area contributed by atoms with Crippen molar-refractivity contribution in [3.05, 3.63) is 53.6 Å². The number of nitrogens with zero attached hydrogens (tertiary/aromatic N) is 3. The maximum atomic E-state index is 13.5. The van der Waals surface area contributed by atoms with Crippen LogP contribution in [0.5, 0.6) is 0 Å². The first-order valence-electron chi connectivity index (χ1n) is 8.80. The van der Waals surface area contributed by atoms with E-state index >= 15 is 0 Å². The lowest BCUT2D eigenvalue weighted by molar-refractivity contribution is 0.0945. The lowest BCUT2D eigenvalue weighted by Crippen LogP contribution is -2.25. The molecule has 28 heavy (non-hydrogen) atoms. The smallest absolute Gasteiger partial charge is 0.280 e. The van der Waals surface area contributed by atoms with E-state index in [1.54, 1.807) is 0 Å². The van der Waals surface area contributed by atoms with Crippen molar-refractivity contribution in [2.45, 2.75) is 19.8 Å². The highest BCUT2D eigenvalue weighted by molar-refractivity contribution is 5.99. The van der Waals surface area contributed by atoms with Crippen LogP contribution < -0.4 is 5.32 Å². The molecule has 0 radical (unpaired) electrons. The summed E-state index contributed by atoms with van der Waals surface area (Å²) in [4.78, 5) is 16.8. The number of hydrogen-bond acceptors (Lipinski definition) is 4. The number of carbonyl (C=O) groups is 1. The van der Waals surface area contributed by atoms with Gasteiger partial charge >= 0.3 is 0 Å². The molecule has 9 heteroatoms. The van der Waals surface area contributed by atoms with E-state index in [1.165, 1.54) is 36.5 Å². The lowest BCUT2D eigenvalue weighted by Gasteiger charge is -2.09. The molecule has 0 fully saturated rings. The Balaban J connectivity index is 1.94. The SMILES string of the molecule is CCOCCCNC(=O)c1cnn2c(C(F)F)cc(-c3ccc(F)cc3)nc12. The fourth-order valence-corrected chi connectivity index (χ4v) is 2.69. The first kappa shape index (κ1) is 19.8. The van der Waals surface area contributed by atoms with Crippen LogP contribution in [0.2, 0.25) is 0 Å². The normalized spacial score (nSPS) is 11.3. The van der Waals surface area contributed by atoms with Crippen LogP contribution in [0.4, 0.5) is 13.2 Å². The fraction of sp³-hybridized carbons (Fsp3) is 0.316. The Bertz CT molecular complexity index is 958. The Kier molecular flexibility index (Phi) is 6.25. The molecule has 0 atom stereocenters. The Hall–Kier alpha value is -2.94. The van der Waals surface area contributed by atoms with Gasteiger partial charge in [-0.25, -0.2) is 22.7 Å². The molecule has 0 saturated heterocycles. The molecule has 1 aromatic carbocycles. The number of aromatic nitrogens is 3. The third kappa shape index (κ3) is 4.30. The van der Waals surface area contributed by atoms with E-state index in [9.17, 15) is 18.0 Å². The zero-order chi connectivity index (χ0) is 20.1. The van der Waals surface area contributed by atoms with Gasteiger partial charge in [-0.05, 0) is 43.7 Å². The average molecular weight is 392 g/mol. The molecular formula is C19H19F3N4O2. The standard InChI is InChI=1S/C19H19F3N4O2/c1-2-28-9-3-8-23-19(27)14-11-24-26-16(17(21)22)10-15(25-18(14)26)12-4-6-13(20)7-5-12/h4-7,10-11,17H,2-3,8-9H2,1H3,(H,23,27). The second-order valence-electron chi connectivity index (χ2n) is 5.97. The summed E-state index contributed by atoms with van der Waals surface area (Å²) in [6, 6.07) is 6.49. The van der Waals surface area contributed by atoms with Crippen LogP contribution in [-0.4, -0.2) is 40.3 Å². The van der Waals surface area contributed by atoms with E-state index in [1.807, 2.05) is 6.92 Å². The predicted molar refractivity (Wildman–Crippen MR) is 96.8 cm³/mol. The number of amides is 1. The highest BCUT2D eigenvalue weighted by Crippen LogP contribution is 2.26. The number of benzene rings is 1. The minimum Gasteiger partial charge on any atom is -0.382 e. The van der Waals surface area contributed by atoms with Gasteiger partial charge in [-0.15, -0.1) is 0 Å². The maximum absolute atomic E-state index is 13.5. The van der Waals surface area contributed by atoms with Crippen LogP contribution >= 0.6 is 0 Å². The zero-order valence-electron chi connectivity index (χ0n) is 15.2. The second kappa shape index (κ2) is 8.83. The molecule has 0 aliphatic rings. The summed E-state index contributed by atoms with van der Waals surface area (Å²) in [5.74, 6) is -0.911. The number of halogens is 3. The monoisotopic (exact) mass is 392 g/mol. The van der Waals surface area contributed by atoms with Gasteiger partial charge in [0.05, 0.1) is 11.9 Å². The van der Waals surface area contributed by atoms with Crippen molar-refractivity contribution in [1.82, 2.24) is 19.9 Å². The summed E-state index contributed by atoms with van der Waals surface area (Å²) in [5, 5.41) is 6.60. The molecule has 0 unspecified atom stereocenters. The molecule has 3 rings (SSSR count). The maximum Gasteiger partial charge on any atom is 0.280 e. The first-order chi connectivity index (χ1) is 13.5. The number of nitrogens with one attached hydrogen (secondary N) is 1. The number of ether oxygens (including phenoxy) is 1. The highest BCUT2D eigenvalue weighted by Gasteiger charge is 2.21. The van der Waals surface area contributed by atoms with Crippen molar-refractivity contribution in [2.24, 2.45) is 0 Å². The molecule has 1 amide bonds. The van der Waals surface area contributed by atoms with Gasteiger partial charge in [-0.3, -0.25) is 4.79 Å². The third-order valence-corrected chi connectivity index (χ3v) is 4.06. The van der Waals surface area contributed by atoms with Gasteiger partial charge in [-0.1, -0.05) is 0 Å². The van der Waals surface area contributed by atoms with Gasteiger partial charge in [0.15, 0.2) is 5.65 Å². The quantitative estimate of drug-likeness (QED) is 0.595. The fourth-order valence-electron chi connectivity index (χ4n) is 2.69. The number of carbonyl (C=O) groups excluding carboxylic acids is 1. The lowest BCUT2D eigenvalue weighted by atomic mass is 10.1. The first-order valence-corrected chi connectivity index (χ1v) is 8.80. The van der Waals surface area contributed by atoms with Crippen molar-refractivity contribution in [3.63, 3.8) is 0 Å². The molecule has 2 heterocycles. The van der Waals surface area contributed by atoms with Crippen molar-refractivity contribution in [2.75, 3.05) is 19.8 Å². The molecule has 3 aromatic rings. The van der Waals surface area contributed by atoms with E-state index in [0.29, 0.717) is 31.7 Å². The van der Waals surface area contributed by atoms with Crippen LogP contribution in [0.15, 0.2) is 36.5 Å². The highest BCUT2D eigenvalue weighted by atomic mass is 19.3. The summed E-state index contributed by atoms with van der Waals surface area (Å²) < 4.78 is 46.4. The van der Waals surface area contributed by atoms with E-state index in [4.69, 9.17) is 4.74 Å². The topological polar surface area (TPSA) is 68.5 Å². The van der Waals surface area contributed by atoms with Crippen molar-refractivity contribution in [1.29, 1.82) is 0 Å². The minimum absolute atomic E-state index is 0.0134. The van der Waals surface area contributed by atoms with Crippen LogP contribution in [0, 0.1) is 5.82 Å². The van der Waals surface area contributed by atoms with Crippen molar-refractivity contribution < 1.29 is 22.7 Å². The Morgan fingerprint density at radius 2 is 2.04 bits per heavy atom. The Morgan fingerprint density at radius 3 is 2.71 bits per heavy atom. The number of hydrogen-bond donors (Lipinski definition) is 1. The van der Waals surface area contributed by atoms with Gasteiger partial charge in [0.1, 0.15) is 17.1 Å². The van der Waals surface area contributed by atoms with Crippen LogP contribution in [-0.2, 0) is 4.74 Å². The molecule has 6 nitrogen and oxygen atoms in total. The largest absolute Gasteiger partial charge is 0.382 e. The van der Waals surface area contributed by atoms with Gasteiger partial charge in [0.2, 0.25) is 0 Å². The summed E-state index contributed by atoms with van der Waals surface area (Å²) >= 11 is 0. The van der Waals surface area contributed by atoms with Gasteiger partial charge in [0, 0.05) is 25.3 Å². The van der Waals surface area contributed by atoms with Gasteiger partial charge in [0.25, 0.3) is 12.3 Å². The van der Waals surface area contributed by atoms with Crippen molar-refractivity contribution >= 4 is 11.6 Å². The number of fused-ring (bicyclic) bond motifs is 1. The summed E-state index contributed by atoms with van der Waals surface area (Å²) in [6.07, 6.45) is -0.998. The van der Waals surface area contributed by atoms with E-state index in [-0.39, 0.29) is 16.9 Å². The van der Waals surface area contributed by atoms with E-state index < -0.39 is 23.8 Å². The third-order valence-electron chi connectivity index (χ3n) is 4.06. The molecule has 0 spiro atoms. The second-order valence-corrected chi connectivity index (χ2v) is 5.97. The van der Waals surface area contributed by atoms with Gasteiger partial charge in [-0.2, -0.15) is 5.10 Å². The number of alkyl halides is 2. The molecule has 0 bridgehead atoms. The van der Waals surface area contributed by atoms with Gasteiger partial charge < -0.3 is 10.1 Å². The summed E-state index contributed by atoms with van der Waals surface area (Å²) in [7, 11) is 0. The molecule has 1 N–H and O–H groups in total. The van der Waals surface area contributed by atoms with Crippen molar-refractivity contribution in [3.8, 4) is 11.3 Å². The summed E-state index contributed by atoms with van der Waals surface area (Å²) in [6.45, 7) is 3.35.